The molecule has 0 saturated carbocycles. The summed E-state index contributed by atoms with van der Waals surface area (Å²) < 4.78 is 24.5. The first-order valence-corrected chi connectivity index (χ1v) is 10.1. The molecule has 0 bridgehead atoms. The number of fused-ring (bicyclic) bond motifs is 1. The fourth-order valence-electron chi connectivity index (χ4n) is 3.69. The fraction of sp³-hybridized carbons (Fsp3) is 0.583. The molecule has 2 aromatic carbocycles. The highest BCUT2D eigenvalue weighted by Gasteiger charge is 2.43. The van der Waals surface area contributed by atoms with Crippen LogP contribution in [0.1, 0.15) is 53.0 Å². The van der Waals surface area contributed by atoms with Gasteiger partial charge in [-0.1, -0.05) is 24.3 Å². The maximum Gasteiger partial charge on any atom is 0.123 e. The van der Waals surface area contributed by atoms with Crippen LogP contribution in [-0.2, 0) is 14.2 Å². The maximum atomic E-state index is 6.49. The minimum Gasteiger partial charge on any atom is -0.496 e. The van der Waals surface area contributed by atoms with Gasteiger partial charge in [0.15, 0.2) is 0 Å². The van der Waals surface area contributed by atoms with Gasteiger partial charge in [-0.15, -0.1) is 0 Å². The first-order chi connectivity index (χ1) is 13.1. The van der Waals surface area contributed by atoms with E-state index in [1.54, 1.807) is 7.11 Å². The largest absolute Gasteiger partial charge is 0.496 e. The lowest BCUT2D eigenvalue weighted by Crippen LogP contribution is -2.40. The van der Waals surface area contributed by atoms with Crippen LogP contribution in [0.2, 0.25) is 0 Å². The molecule has 1 heterocycles. The van der Waals surface area contributed by atoms with Crippen molar-refractivity contribution in [3.63, 3.8) is 0 Å². The molecule has 0 spiro atoms. The van der Waals surface area contributed by atoms with Crippen molar-refractivity contribution in [1.29, 1.82) is 0 Å². The van der Waals surface area contributed by atoms with Crippen molar-refractivity contribution in [3.8, 4) is 5.75 Å². The molecule has 2 aromatic rings. The molecule has 1 aliphatic rings. The SMILES string of the molecule is COc1cc2ccccc2cc1C1CO[C@H](COC(C)(C)C)C1OC(C)(C)C. The molecule has 154 valence electrons. The van der Waals surface area contributed by atoms with Crippen LogP contribution in [0.25, 0.3) is 10.8 Å². The average Bonchev–Trinajstić information content (AvgIpc) is 2.98. The molecule has 0 N–H and O–H groups in total. The molecule has 4 heteroatoms. The summed E-state index contributed by atoms with van der Waals surface area (Å²) in [6.45, 7) is 13.5. The smallest absolute Gasteiger partial charge is 0.123 e. The Balaban J connectivity index is 1.95. The maximum absolute atomic E-state index is 6.49. The third kappa shape index (κ3) is 5.05. The molecular formula is C24H34O4. The van der Waals surface area contributed by atoms with E-state index in [-0.39, 0.29) is 29.3 Å². The van der Waals surface area contributed by atoms with Crippen molar-refractivity contribution in [2.75, 3.05) is 20.3 Å². The van der Waals surface area contributed by atoms with Crippen LogP contribution >= 0.6 is 0 Å². The molecule has 3 atom stereocenters. The Kier molecular flexibility index (Phi) is 6.04. The van der Waals surface area contributed by atoms with E-state index >= 15 is 0 Å². The van der Waals surface area contributed by atoms with Crippen LogP contribution in [0.3, 0.4) is 0 Å². The highest BCUT2D eigenvalue weighted by atomic mass is 16.6. The standard InChI is InChI=1S/C24H34O4/c1-23(2,3)27-15-21-22(28-24(4,5)6)19(14-26-21)18-12-16-10-8-9-11-17(16)13-20(18)25-7/h8-13,19,21-22H,14-15H2,1-7H3/t19?,21-,22?/m1/s1. The molecule has 0 aliphatic carbocycles. The monoisotopic (exact) mass is 386 g/mol. The Hall–Kier alpha value is -1.62. The third-order valence-corrected chi connectivity index (χ3v) is 4.92. The summed E-state index contributed by atoms with van der Waals surface area (Å²) in [5.41, 5.74) is 0.642. The van der Waals surface area contributed by atoms with E-state index in [4.69, 9.17) is 18.9 Å². The zero-order chi connectivity index (χ0) is 20.5. The van der Waals surface area contributed by atoms with Gasteiger partial charge in [-0.05, 0) is 64.4 Å². The lowest BCUT2D eigenvalue weighted by Gasteiger charge is -2.32. The van der Waals surface area contributed by atoms with Crippen molar-refractivity contribution in [2.45, 2.75) is 70.9 Å². The minimum absolute atomic E-state index is 0.0901. The Morgan fingerprint density at radius 1 is 0.964 bits per heavy atom. The molecule has 4 nitrogen and oxygen atoms in total. The Bertz CT molecular complexity index is 800. The Morgan fingerprint density at radius 3 is 2.18 bits per heavy atom. The minimum atomic E-state index is -0.277. The zero-order valence-corrected chi connectivity index (χ0v) is 18.2. The summed E-state index contributed by atoms with van der Waals surface area (Å²) in [6, 6.07) is 12.7. The summed E-state index contributed by atoms with van der Waals surface area (Å²) in [7, 11) is 1.73. The second-order valence-electron chi connectivity index (χ2n) is 9.54. The molecule has 28 heavy (non-hydrogen) atoms. The highest BCUT2D eigenvalue weighted by Crippen LogP contribution is 2.40. The summed E-state index contributed by atoms with van der Waals surface area (Å²) in [5, 5.41) is 2.37. The molecule has 0 radical (unpaired) electrons. The van der Waals surface area contributed by atoms with Gasteiger partial charge in [0.25, 0.3) is 0 Å². The van der Waals surface area contributed by atoms with Gasteiger partial charge in [-0.25, -0.2) is 0 Å². The zero-order valence-electron chi connectivity index (χ0n) is 18.2. The van der Waals surface area contributed by atoms with Gasteiger partial charge in [0.2, 0.25) is 0 Å². The summed E-state index contributed by atoms with van der Waals surface area (Å²) in [6.07, 6.45) is -0.211. The number of hydrogen-bond acceptors (Lipinski definition) is 4. The lowest BCUT2D eigenvalue weighted by molar-refractivity contribution is -0.125. The normalized spacial score (nSPS) is 23.3. The van der Waals surface area contributed by atoms with E-state index in [9.17, 15) is 0 Å². The summed E-state index contributed by atoms with van der Waals surface area (Å²) in [4.78, 5) is 0. The topological polar surface area (TPSA) is 36.9 Å². The highest BCUT2D eigenvalue weighted by molar-refractivity contribution is 5.85. The predicted molar refractivity (Wildman–Crippen MR) is 113 cm³/mol. The molecule has 1 aliphatic heterocycles. The molecule has 2 unspecified atom stereocenters. The fourth-order valence-corrected chi connectivity index (χ4v) is 3.69. The van der Waals surface area contributed by atoms with Crippen LogP contribution < -0.4 is 4.74 Å². The van der Waals surface area contributed by atoms with E-state index in [2.05, 4.69) is 71.9 Å². The quantitative estimate of drug-likeness (QED) is 0.696. The van der Waals surface area contributed by atoms with E-state index in [0.29, 0.717) is 13.2 Å². The number of hydrogen-bond donors (Lipinski definition) is 0. The lowest BCUT2D eigenvalue weighted by atomic mass is 9.90. The second-order valence-corrected chi connectivity index (χ2v) is 9.54. The molecule has 1 saturated heterocycles. The van der Waals surface area contributed by atoms with Crippen molar-refractivity contribution in [1.82, 2.24) is 0 Å². The summed E-state index contributed by atoms with van der Waals surface area (Å²) in [5.74, 6) is 0.972. The van der Waals surface area contributed by atoms with E-state index < -0.39 is 0 Å². The molecule has 0 aromatic heterocycles. The number of rotatable bonds is 5. The average molecular weight is 387 g/mol. The summed E-state index contributed by atoms with van der Waals surface area (Å²) >= 11 is 0. The third-order valence-electron chi connectivity index (χ3n) is 4.92. The van der Waals surface area contributed by atoms with Crippen LogP contribution in [-0.4, -0.2) is 43.7 Å². The van der Waals surface area contributed by atoms with Crippen molar-refractivity contribution < 1.29 is 18.9 Å². The van der Waals surface area contributed by atoms with Gasteiger partial charge in [0.05, 0.1) is 37.6 Å². The van der Waals surface area contributed by atoms with Crippen LogP contribution in [0.5, 0.6) is 5.75 Å². The molecule has 3 rings (SSSR count). The van der Waals surface area contributed by atoms with Gasteiger partial charge >= 0.3 is 0 Å². The number of ether oxygens (including phenoxy) is 4. The number of methoxy groups -OCH3 is 1. The van der Waals surface area contributed by atoms with E-state index in [1.165, 1.54) is 10.8 Å². The Morgan fingerprint density at radius 2 is 1.61 bits per heavy atom. The van der Waals surface area contributed by atoms with Gasteiger partial charge < -0.3 is 18.9 Å². The van der Waals surface area contributed by atoms with Gasteiger partial charge in [-0.3, -0.25) is 0 Å². The van der Waals surface area contributed by atoms with E-state index in [1.807, 2.05) is 6.07 Å². The van der Waals surface area contributed by atoms with Crippen molar-refractivity contribution >= 4 is 10.8 Å². The van der Waals surface area contributed by atoms with Crippen LogP contribution in [0, 0.1) is 0 Å². The molecular weight excluding hydrogens is 352 g/mol. The van der Waals surface area contributed by atoms with Gasteiger partial charge in [-0.2, -0.15) is 0 Å². The van der Waals surface area contributed by atoms with E-state index in [0.717, 1.165) is 11.3 Å². The predicted octanol–water partition coefficient (Wildman–Crippen LogP) is 5.33. The van der Waals surface area contributed by atoms with Crippen LogP contribution in [0.15, 0.2) is 36.4 Å². The number of benzene rings is 2. The second kappa shape index (κ2) is 8.02. The van der Waals surface area contributed by atoms with Gasteiger partial charge in [0, 0.05) is 11.5 Å². The van der Waals surface area contributed by atoms with Crippen LogP contribution in [0.4, 0.5) is 0 Å². The Labute approximate surface area is 169 Å². The first-order valence-electron chi connectivity index (χ1n) is 10.1. The molecule has 0 amide bonds. The van der Waals surface area contributed by atoms with Crippen molar-refractivity contribution in [3.05, 3.63) is 42.0 Å². The first kappa shape index (κ1) is 21.1. The van der Waals surface area contributed by atoms with Crippen molar-refractivity contribution in [2.24, 2.45) is 0 Å². The van der Waals surface area contributed by atoms with Gasteiger partial charge in [0.1, 0.15) is 11.9 Å². The molecule has 1 fully saturated rings.